The number of piperidine rings is 1. The highest BCUT2D eigenvalue weighted by Crippen LogP contribution is 2.14. The van der Waals surface area contributed by atoms with Gasteiger partial charge in [0.2, 0.25) is 5.91 Å². The number of hydrogen-bond acceptors (Lipinski definition) is 4. The molecule has 1 amide bonds. The van der Waals surface area contributed by atoms with Crippen molar-refractivity contribution in [2.45, 2.75) is 31.8 Å². The molecule has 1 fully saturated rings. The topological polar surface area (TPSA) is 53.6 Å². The highest BCUT2D eigenvalue weighted by molar-refractivity contribution is 5.78. The lowest BCUT2D eigenvalue weighted by molar-refractivity contribution is -0.121. The summed E-state index contributed by atoms with van der Waals surface area (Å²) in [5.74, 6) is 0.0860. The SMILES string of the molecule is COCCNCC(=O)NC1CCN(C)C(C)C1. The molecule has 1 saturated heterocycles. The minimum atomic E-state index is 0.0860. The van der Waals surface area contributed by atoms with Crippen molar-refractivity contribution in [3.8, 4) is 0 Å². The lowest BCUT2D eigenvalue weighted by Crippen LogP contribution is -2.49. The number of likely N-dealkylation sites (tertiary alicyclic amines) is 1. The average molecular weight is 243 g/mol. The van der Waals surface area contributed by atoms with Crippen molar-refractivity contribution >= 4 is 5.91 Å². The summed E-state index contributed by atoms with van der Waals surface area (Å²) in [6.07, 6.45) is 2.09. The number of methoxy groups -OCH3 is 1. The third-order valence-electron chi connectivity index (χ3n) is 3.34. The van der Waals surface area contributed by atoms with Crippen LogP contribution >= 0.6 is 0 Å². The van der Waals surface area contributed by atoms with Gasteiger partial charge in [0, 0.05) is 32.3 Å². The van der Waals surface area contributed by atoms with Gasteiger partial charge >= 0.3 is 0 Å². The number of nitrogens with zero attached hydrogens (tertiary/aromatic N) is 1. The number of ether oxygens (including phenoxy) is 1. The van der Waals surface area contributed by atoms with Crippen molar-refractivity contribution in [1.82, 2.24) is 15.5 Å². The van der Waals surface area contributed by atoms with Crippen LogP contribution in [-0.2, 0) is 9.53 Å². The van der Waals surface area contributed by atoms with Crippen LogP contribution in [0.25, 0.3) is 0 Å². The summed E-state index contributed by atoms with van der Waals surface area (Å²) < 4.78 is 4.90. The fourth-order valence-corrected chi connectivity index (χ4v) is 2.08. The molecule has 1 rings (SSSR count). The fourth-order valence-electron chi connectivity index (χ4n) is 2.08. The molecule has 2 atom stereocenters. The Labute approximate surface area is 104 Å². The van der Waals surface area contributed by atoms with Gasteiger partial charge in [0.25, 0.3) is 0 Å². The quantitative estimate of drug-likeness (QED) is 0.636. The molecular formula is C12H25N3O2. The van der Waals surface area contributed by atoms with E-state index < -0.39 is 0 Å². The molecule has 1 aliphatic rings. The van der Waals surface area contributed by atoms with Crippen LogP contribution in [0.3, 0.4) is 0 Å². The van der Waals surface area contributed by atoms with Gasteiger partial charge in [-0.05, 0) is 26.8 Å². The third kappa shape index (κ3) is 5.48. The van der Waals surface area contributed by atoms with Gasteiger partial charge < -0.3 is 20.3 Å². The smallest absolute Gasteiger partial charge is 0.234 e. The molecule has 0 aromatic rings. The predicted molar refractivity (Wildman–Crippen MR) is 68.0 cm³/mol. The normalized spacial score (nSPS) is 25.8. The van der Waals surface area contributed by atoms with Crippen molar-refractivity contribution in [3.63, 3.8) is 0 Å². The van der Waals surface area contributed by atoms with Gasteiger partial charge in [-0.1, -0.05) is 0 Å². The number of carbonyl (C=O) groups is 1. The van der Waals surface area contributed by atoms with Crippen molar-refractivity contribution < 1.29 is 9.53 Å². The summed E-state index contributed by atoms with van der Waals surface area (Å²) >= 11 is 0. The van der Waals surface area contributed by atoms with Crippen LogP contribution < -0.4 is 10.6 Å². The van der Waals surface area contributed by atoms with Crippen molar-refractivity contribution in [2.24, 2.45) is 0 Å². The molecule has 17 heavy (non-hydrogen) atoms. The fraction of sp³-hybridized carbons (Fsp3) is 0.917. The molecule has 0 spiro atoms. The van der Waals surface area contributed by atoms with Crippen LogP contribution in [0.15, 0.2) is 0 Å². The summed E-state index contributed by atoms with van der Waals surface area (Å²) in [6, 6.07) is 0.883. The largest absolute Gasteiger partial charge is 0.383 e. The molecule has 0 aromatic heterocycles. The molecular weight excluding hydrogens is 218 g/mol. The molecule has 2 N–H and O–H groups in total. The first-order chi connectivity index (χ1) is 8.13. The van der Waals surface area contributed by atoms with Crippen molar-refractivity contribution in [1.29, 1.82) is 0 Å². The molecule has 0 saturated carbocycles. The number of rotatable bonds is 6. The van der Waals surface area contributed by atoms with Crippen LogP contribution in [-0.4, -0.2) is 63.3 Å². The molecule has 0 aromatic carbocycles. The summed E-state index contributed by atoms with van der Waals surface area (Å²) in [5.41, 5.74) is 0. The third-order valence-corrected chi connectivity index (χ3v) is 3.34. The zero-order valence-corrected chi connectivity index (χ0v) is 11.2. The molecule has 1 aliphatic heterocycles. The first kappa shape index (κ1) is 14.4. The second kappa shape index (κ2) is 7.63. The Morgan fingerprint density at radius 3 is 2.94 bits per heavy atom. The summed E-state index contributed by atoms with van der Waals surface area (Å²) in [6.45, 7) is 4.99. The minimum Gasteiger partial charge on any atom is -0.383 e. The highest BCUT2D eigenvalue weighted by atomic mass is 16.5. The number of hydrogen-bond donors (Lipinski definition) is 2. The number of amides is 1. The van der Waals surface area contributed by atoms with Crippen LogP contribution in [0.4, 0.5) is 0 Å². The number of nitrogens with one attached hydrogen (secondary N) is 2. The first-order valence-electron chi connectivity index (χ1n) is 6.32. The van der Waals surface area contributed by atoms with Crippen LogP contribution in [0.1, 0.15) is 19.8 Å². The van der Waals surface area contributed by atoms with Gasteiger partial charge in [0.1, 0.15) is 0 Å². The zero-order chi connectivity index (χ0) is 12.7. The molecule has 0 radical (unpaired) electrons. The van der Waals surface area contributed by atoms with Crippen molar-refractivity contribution in [3.05, 3.63) is 0 Å². The molecule has 100 valence electrons. The van der Waals surface area contributed by atoms with E-state index in [1.54, 1.807) is 7.11 Å². The summed E-state index contributed by atoms with van der Waals surface area (Å²) in [4.78, 5) is 14.0. The number of carbonyl (C=O) groups excluding carboxylic acids is 1. The Hall–Kier alpha value is -0.650. The predicted octanol–water partition coefficient (Wildman–Crippen LogP) is -0.179. The van der Waals surface area contributed by atoms with E-state index in [1.165, 1.54) is 0 Å². The Kier molecular flexibility index (Phi) is 6.47. The van der Waals surface area contributed by atoms with Crippen LogP contribution in [0, 0.1) is 0 Å². The molecule has 5 nitrogen and oxygen atoms in total. The van der Waals surface area contributed by atoms with Crippen LogP contribution in [0.5, 0.6) is 0 Å². The maximum Gasteiger partial charge on any atom is 0.234 e. The summed E-state index contributed by atoms with van der Waals surface area (Å²) in [7, 11) is 3.79. The molecule has 0 bridgehead atoms. The van der Waals surface area contributed by atoms with Gasteiger partial charge in [-0.2, -0.15) is 0 Å². The average Bonchev–Trinajstić information content (AvgIpc) is 2.30. The van der Waals surface area contributed by atoms with E-state index >= 15 is 0 Å². The minimum absolute atomic E-state index is 0.0860. The Morgan fingerprint density at radius 1 is 1.53 bits per heavy atom. The van der Waals surface area contributed by atoms with Gasteiger partial charge in [-0.15, -0.1) is 0 Å². The van der Waals surface area contributed by atoms with E-state index in [1.807, 2.05) is 0 Å². The van der Waals surface area contributed by atoms with E-state index in [0.717, 1.165) is 19.4 Å². The van der Waals surface area contributed by atoms with Crippen LogP contribution in [0.2, 0.25) is 0 Å². The van der Waals surface area contributed by atoms with Crippen molar-refractivity contribution in [2.75, 3.05) is 40.4 Å². The second-order valence-electron chi connectivity index (χ2n) is 4.79. The lowest BCUT2D eigenvalue weighted by atomic mass is 9.99. The molecule has 1 heterocycles. The molecule has 2 unspecified atom stereocenters. The van der Waals surface area contributed by atoms with Gasteiger partial charge in [0.15, 0.2) is 0 Å². The van der Waals surface area contributed by atoms with Gasteiger partial charge in [-0.25, -0.2) is 0 Å². The standard InChI is InChI=1S/C12H25N3O2/c1-10-8-11(4-6-15(10)2)14-12(16)9-13-5-7-17-3/h10-11,13H,4-9H2,1-3H3,(H,14,16). The maximum atomic E-state index is 11.6. The first-order valence-corrected chi connectivity index (χ1v) is 6.32. The lowest BCUT2D eigenvalue weighted by Gasteiger charge is -2.35. The zero-order valence-electron chi connectivity index (χ0n) is 11.2. The Balaban J connectivity index is 2.14. The van der Waals surface area contributed by atoms with E-state index in [9.17, 15) is 4.79 Å². The maximum absolute atomic E-state index is 11.6. The second-order valence-corrected chi connectivity index (χ2v) is 4.79. The van der Waals surface area contributed by atoms with Gasteiger partial charge in [0.05, 0.1) is 13.2 Å². The van der Waals surface area contributed by atoms with E-state index in [4.69, 9.17) is 4.74 Å². The molecule has 5 heteroatoms. The highest BCUT2D eigenvalue weighted by Gasteiger charge is 2.23. The molecule has 0 aliphatic carbocycles. The van der Waals surface area contributed by atoms with E-state index in [2.05, 4.69) is 29.5 Å². The van der Waals surface area contributed by atoms with E-state index in [0.29, 0.717) is 31.8 Å². The Bertz CT molecular complexity index is 236. The van der Waals surface area contributed by atoms with E-state index in [-0.39, 0.29) is 5.91 Å². The van der Waals surface area contributed by atoms with Gasteiger partial charge in [-0.3, -0.25) is 4.79 Å². The monoisotopic (exact) mass is 243 g/mol. The summed E-state index contributed by atoms with van der Waals surface area (Å²) in [5, 5.41) is 6.13. The Morgan fingerprint density at radius 2 is 2.29 bits per heavy atom.